The first kappa shape index (κ1) is 24.4. The smallest absolute Gasteiger partial charge is 0.271 e. The minimum absolute atomic E-state index is 0.000707. The van der Waals surface area contributed by atoms with Gasteiger partial charge in [-0.1, -0.05) is 6.07 Å². The fraction of sp³-hybridized carbons (Fsp3) is 0.222. The number of hydrogen-bond donors (Lipinski definition) is 1. The van der Waals surface area contributed by atoms with Crippen molar-refractivity contribution in [2.24, 2.45) is 0 Å². The maximum absolute atomic E-state index is 11.5. The Kier molecular flexibility index (Phi) is 6.58. The van der Waals surface area contributed by atoms with E-state index in [1.54, 1.807) is 37.8 Å². The van der Waals surface area contributed by atoms with E-state index in [0.717, 1.165) is 28.2 Å². The Balaban J connectivity index is 1.66. The van der Waals surface area contributed by atoms with Gasteiger partial charge < -0.3 is 19.5 Å². The highest BCUT2D eigenvalue weighted by Gasteiger charge is 2.41. The molecule has 188 valence electrons. The fourth-order valence-electron chi connectivity index (χ4n) is 5.02. The molecule has 0 spiro atoms. The van der Waals surface area contributed by atoms with Gasteiger partial charge in [-0.25, -0.2) is 0 Å². The van der Waals surface area contributed by atoms with Crippen molar-refractivity contribution < 1.29 is 9.66 Å². The average molecular weight is 515 g/mol. The SMILES string of the molecule is COc1ccc([N+](=O)[O-])cc1-n1c(C)cc([C@@H]2[C@H](c3ccccn3)NC(=S)N2Cc2ccncc2)c1C. The Hall–Kier alpha value is -4.31. The number of nitrogens with one attached hydrogen (secondary N) is 1. The second-order valence-corrected chi connectivity index (χ2v) is 9.27. The van der Waals surface area contributed by atoms with Gasteiger partial charge in [0.15, 0.2) is 5.11 Å². The number of ether oxygens (including phenoxy) is 1. The van der Waals surface area contributed by atoms with Crippen LogP contribution in [-0.2, 0) is 6.54 Å². The van der Waals surface area contributed by atoms with E-state index in [1.807, 2.05) is 48.7 Å². The third-order valence-electron chi connectivity index (χ3n) is 6.70. The van der Waals surface area contributed by atoms with Gasteiger partial charge in [0.25, 0.3) is 5.69 Å². The third kappa shape index (κ3) is 4.51. The molecule has 4 aromatic rings. The molecule has 37 heavy (non-hydrogen) atoms. The summed E-state index contributed by atoms with van der Waals surface area (Å²) in [6.07, 6.45) is 5.32. The van der Waals surface area contributed by atoms with Crippen LogP contribution in [0.5, 0.6) is 5.75 Å². The van der Waals surface area contributed by atoms with Gasteiger partial charge in [0, 0.05) is 48.7 Å². The average Bonchev–Trinajstić information content (AvgIpc) is 3.39. The predicted octanol–water partition coefficient (Wildman–Crippen LogP) is 4.97. The highest BCUT2D eigenvalue weighted by atomic mass is 32.1. The summed E-state index contributed by atoms with van der Waals surface area (Å²) in [6, 6.07) is 16.2. The first-order valence-electron chi connectivity index (χ1n) is 11.8. The molecule has 1 fully saturated rings. The Morgan fingerprint density at radius 1 is 1.11 bits per heavy atom. The summed E-state index contributed by atoms with van der Waals surface area (Å²) in [4.78, 5) is 22.1. The monoisotopic (exact) mass is 514 g/mol. The van der Waals surface area contributed by atoms with Gasteiger partial charge in [0.2, 0.25) is 0 Å². The van der Waals surface area contributed by atoms with Crippen LogP contribution in [0.2, 0.25) is 0 Å². The minimum Gasteiger partial charge on any atom is -0.495 e. The lowest BCUT2D eigenvalue weighted by Crippen LogP contribution is -2.29. The van der Waals surface area contributed by atoms with E-state index in [4.69, 9.17) is 17.0 Å². The Bertz CT molecular complexity index is 1460. The van der Waals surface area contributed by atoms with Gasteiger partial charge >= 0.3 is 0 Å². The van der Waals surface area contributed by atoms with Crippen molar-refractivity contribution >= 4 is 23.0 Å². The van der Waals surface area contributed by atoms with Crippen LogP contribution < -0.4 is 10.1 Å². The minimum atomic E-state index is -0.398. The molecular formula is C27H26N6O3S. The van der Waals surface area contributed by atoms with Gasteiger partial charge in [-0.15, -0.1) is 0 Å². The Morgan fingerprint density at radius 2 is 1.89 bits per heavy atom. The zero-order valence-electron chi connectivity index (χ0n) is 20.7. The number of pyridine rings is 2. The largest absolute Gasteiger partial charge is 0.495 e. The number of non-ortho nitro benzene ring substituents is 1. The predicted molar refractivity (Wildman–Crippen MR) is 144 cm³/mol. The number of hydrogen-bond acceptors (Lipinski definition) is 6. The molecule has 1 aliphatic rings. The number of nitrogens with zero attached hydrogens (tertiary/aromatic N) is 5. The summed E-state index contributed by atoms with van der Waals surface area (Å²) in [5.74, 6) is 0.550. The molecule has 3 aromatic heterocycles. The normalized spacial score (nSPS) is 17.1. The van der Waals surface area contributed by atoms with Crippen molar-refractivity contribution in [2.75, 3.05) is 7.11 Å². The van der Waals surface area contributed by atoms with Crippen LogP contribution in [0.3, 0.4) is 0 Å². The van der Waals surface area contributed by atoms with Gasteiger partial charge in [0.1, 0.15) is 5.75 Å². The van der Waals surface area contributed by atoms with Crippen LogP contribution in [-0.4, -0.2) is 36.6 Å². The first-order valence-corrected chi connectivity index (χ1v) is 12.2. The summed E-state index contributed by atoms with van der Waals surface area (Å²) < 4.78 is 7.59. The lowest BCUT2D eigenvalue weighted by Gasteiger charge is -2.28. The highest BCUT2D eigenvalue weighted by Crippen LogP contribution is 2.43. The van der Waals surface area contributed by atoms with E-state index < -0.39 is 4.92 Å². The zero-order chi connectivity index (χ0) is 26.1. The molecular weight excluding hydrogens is 488 g/mol. The summed E-state index contributed by atoms with van der Waals surface area (Å²) in [5, 5.41) is 15.7. The molecule has 0 saturated carbocycles. The van der Waals surface area contributed by atoms with Crippen LogP contribution in [0, 0.1) is 24.0 Å². The van der Waals surface area contributed by atoms with E-state index in [2.05, 4.69) is 26.3 Å². The second-order valence-electron chi connectivity index (χ2n) is 8.89. The molecule has 9 nitrogen and oxygen atoms in total. The van der Waals surface area contributed by atoms with E-state index in [9.17, 15) is 10.1 Å². The summed E-state index contributed by atoms with van der Waals surface area (Å²) in [6.45, 7) is 4.59. The molecule has 10 heteroatoms. The topological polar surface area (TPSA) is 98.3 Å². The van der Waals surface area contributed by atoms with Crippen LogP contribution in [0.15, 0.2) is 73.2 Å². The van der Waals surface area contributed by atoms with E-state index in [1.165, 1.54) is 6.07 Å². The van der Waals surface area contributed by atoms with Crippen molar-refractivity contribution in [3.05, 3.63) is 112 Å². The molecule has 0 aliphatic carbocycles. The molecule has 4 heterocycles. The molecule has 0 unspecified atom stereocenters. The lowest BCUT2D eigenvalue weighted by molar-refractivity contribution is -0.384. The highest BCUT2D eigenvalue weighted by molar-refractivity contribution is 7.80. The number of nitro benzene ring substituents is 1. The molecule has 5 rings (SSSR count). The summed E-state index contributed by atoms with van der Waals surface area (Å²) in [7, 11) is 1.56. The number of thiocarbonyl (C=S) groups is 1. The molecule has 1 saturated heterocycles. The van der Waals surface area contributed by atoms with Crippen LogP contribution in [0.1, 0.15) is 40.3 Å². The van der Waals surface area contributed by atoms with Crippen molar-refractivity contribution in [1.29, 1.82) is 0 Å². The first-order chi connectivity index (χ1) is 17.9. The van der Waals surface area contributed by atoms with Crippen LogP contribution in [0.25, 0.3) is 5.69 Å². The molecule has 0 radical (unpaired) electrons. The molecule has 0 bridgehead atoms. The fourth-order valence-corrected chi connectivity index (χ4v) is 5.33. The molecule has 0 amide bonds. The third-order valence-corrected chi connectivity index (χ3v) is 7.06. The number of benzene rings is 1. The lowest BCUT2D eigenvalue weighted by atomic mass is 9.96. The van der Waals surface area contributed by atoms with Gasteiger partial charge in [-0.3, -0.25) is 20.1 Å². The number of aryl methyl sites for hydroxylation is 1. The summed E-state index contributed by atoms with van der Waals surface area (Å²) >= 11 is 5.83. The van der Waals surface area contributed by atoms with E-state index >= 15 is 0 Å². The van der Waals surface area contributed by atoms with Gasteiger partial charge in [-0.2, -0.15) is 0 Å². The number of aromatic nitrogens is 3. The molecule has 2 atom stereocenters. The second kappa shape index (κ2) is 9.98. The van der Waals surface area contributed by atoms with Crippen LogP contribution in [0.4, 0.5) is 5.69 Å². The number of nitro groups is 1. The van der Waals surface area contributed by atoms with Crippen LogP contribution >= 0.6 is 12.2 Å². The number of rotatable bonds is 7. The standard InChI is InChI=1S/C27H26N6O3S/c1-17-14-21(18(2)32(17)23-15-20(33(34)35)7-8-24(23)36-3)26-25(22-6-4-5-11-29-22)30-27(37)31(26)16-19-9-12-28-13-10-19/h4-15,25-26H,16H2,1-3H3,(H,30,37)/t25-,26+/m0/s1. The van der Waals surface area contributed by atoms with Gasteiger partial charge in [-0.05, 0) is 73.6 Å². The van der Waals surface area contributed by atoms with Crippen molar-refractivity contribution in [2.45, 2.75) is 32.5 Å². The van der Waals surface area contributed by atoms with Crippen molar-refractivity contribution in [3.8, 4) is 11.4 Å². The maximum Gasteiger partial charge on any atom is 0.271 e. The Labute approximate surface area is 219 Å². The maximum atomic E-state index is 11.5. The van der Waals surface area contributed by atoms with Crippen molar-refractivity contribution in [1.82, 2.24) is 24.8 Å². The zero-order valence-corrected chi connectivity index (χ0v) is 21.5. The van der Waals surface area contributed by atoms with Gasteiger partial charge in [0.05, 0.1) is 35.5 Å². The van der Waals surface area contributed by atoms with E-state index in [-0.39, 0.29) is 17.8 Å². The quantitative estimate of drug-likeness (QED) is 0.210. The molecule has 1 N–H and O–H groups in total. The number of methoxy groups -OCH3 is 1. The van der Waals surface area contributed by atoms with Crippen molar-refractivity contribution in [3.63, 3.8) is 0 Å². The summed E-state index contributed by atoms with van der Waals surface area (Å²) in [5.41, 5.74) is 5.48. The molecule has 1 aromatic carbocycles. The van der Waals surface area contributed by atoms with E-state index in [0.29, 0.717) is 23.1 Å². The Morgan fingerprint density at radius 3 is 2.57 bits per heavy atom. The molecule has 1 aliphatic heterocycles.